The maximum absolute atomic E-state index is 11.8. The molecule has 0 radical (unpaired) electrons. The van der Waals surface area contributed by atoms with Gasteiger partial charge < -0.3 is 39.4 Å². The highest BCUT2D eigenvalue weighted by Gasteiger charge is 2.17. The number of urea groups is 2. The van der Waals surface area contributed by atoms with Crippen LogP contribution in [0.5, 0.6) is 0 Å². The highest BCUT2D eigenvalue weighted by molar-refractivity contribution is 5.74. The Balaban J connectivity index is 1.44. The fourth-order valence-electron chi connectivity index (χ4n) is 2.38. The average molecular weight is 374 g/mol. The lowest BCUT2D eigenvalue weighted by Gasteiger charge is -2.27. The molecule has 0 aliphatic carbocycles. The summed E-state index contributed by atoms with van der Waals surface area (Å²) < 4.78 is 20.0. The van der Waals surface area contributed by atoms with Crippen molar-refractivity contribution in [1.29, 1.82) is 0 Å². The maximum Gasteiger partial charge on any atom is 0.508 e. The molecule has 0 atom stereocenters. The van der Waals surface area contributed by atoms with Crippen molar-refractivity contribution in [3.8, 4) is 0 Å². The van der Waals surface area contributed by atoms with Gasteiger partial charge in [-0.05, 0) is 0 Å². The number of nitrogens with one attached hydrogen (secondary N) is 2. The average Bonchev–Trinajstić information content (AvgIpc) is 2.69. The number of ether oxygens (including phenoxy) is 4. The summed E-state index contributed by atoms with van der Waals surface area (Å²) in [5.74, 6) is 0. The van der Waals surface area contributed by atoms with Gasteiger partial charge in [-0.3, -0.25) is 0 Å². The molecule has 0 aromatic heterocycles. The second-order valence-corrected chi connectivity index (χ2v) is 5.61. The van der Waals surface area contributed by atoms with Crippen LogP contribution in [0.3, 0.4) is 0 Å². The van der Waals surface area contributed by atoms with Gasteiger partial charge in [-0.25, -0.2) is 14.4 Å². The van der Waals surface area contributed by atoms with Crippen LogP contribution in [0.2, 0.25) is 0 Å². The summed E-state index contributed by atoms with van der Waals surface area (Å²) in [6.07, 6.45) is -0.841. The van der Waals surface area contributed by atoms with Gasteiger partial charge in [0, 0.05) is 26.2 Å². The van der Waals surface area contributed by atoms with Crippen molar-refractivity contribution in [2.75, 3.05) is 78.9 Å². The molecule has 11 heteroatoms. The molecule has 11 nitrogen and oxygen atoms in total. The molecule has 2 fully saturated rings. The number of amides is 4. The van der Waals surface area contributed by atoms with E-state index in [1.807, 2.05) is 0 Å². The van der Waals surface area contributed by atoms with Crippen molar-refractivity contribution >= 4 is 18.2 Å². The van der Waals surface area contributed by atoms with Crippen LogP contribution in [0.15, 0.2) is 0 Å². The van der Waals surface area contributed by atoms with Crippen LogP contribution >= 0.6 is 0 Å². The van der Waals surface area contributed by atoms with Gasteiger partial charge in [-0.1, -0.05) is 0 Å². The number of hydrogen-bond acceptors (Lipinski definition) is 7. The summed E-state index contributed by atoms with van der Waals surface area (Å²) >= 11 is 0. The predicted octanol–water partition coefficient (Wildman–Crippen LogP) is -0.777. The van der Waals surface area contributed by atoms with E-state index >= 15 is 0 Å². The molecule has 4 amide bonds. The fourth-order valence-corrected chi connectivity index (χ4v) is 2.38. The molecule has 0 aromatic carbocycles. The third-order valence-electron chi connectivity index (χ3n) is 3.79. The van der Waals surface area contributed by atoms with Crippen molar-refractivity contribution in [2.45, 2.75) is 0 Å². The van der Waals surface area contributed by atoms with E-state index in [4.69, 9.17) is 18.9 Å². The number of carbonyl (C=O) groups is 3. The first-order chi connectivity index (χ1) is 12.7. The maximum atomic E-state index is 11.8. The first kappa shape index (κ1) is 20.0. The molecule has 2 aliphatic heterocycles. The molecule has 0 spiro atoms. The van der Waals surface area contributed by atoms with Crippen molar-refractivity contribution in [3.63, 3.8) is 0 Å². The molecule has 148 valence electrons. The van der Waals surface area contributed by atoms with E-state index in [1.54, 1.807) is 9.80 Å². The largest absolute Gasteiger partial charge is 0.508 e. The molecule has 0 bridgehead atoms. The Morgan fingerprint density at radius 2 is 1.12 bits per heavy atom. The van der Waals surface area contributed by atoms with E-state index < -0.39 is 6.16 Å². The minimum atomic E-state index is -0.841. The minimum absolute atomic E-state index is 0.00898. The summed E-state index contributed by atoms with van der Waals surface area (Å²) in [5, 5.41) is 5.30. The zero-order chi connectivity index (χ0) is 18.6. The number of hydrogen-bond donors (Lipinski definition) is 2. The van der Waals surface area contributed by atoms with Crippen molar-refractivity contribution < 1.29 is 33.3 Å². The Hall–Kier alpha value is -2.27. The normalized spacial score (nSPS) is 17.4. The molecule has 2 heterocycles. The van der Waals surface area contributed by atoms with Crippen LogP contribution in [0.25, 0.3) is 0 Å². The van der Waals surface area contributed by atoms with Gasteiger partial charge >= 0.3 is 18.2 Å². The Labute approximate surface area is 151 Å². The number of rotatable bonds is 6. The Kier molecular flexibility index (Phi) is 8.76. The third kappa shape index (κ3) is 7.31. The van der Waals surface area contributed by atoms with E-state index in [-0.39, 0.29) is 38.4 Å². The van der Waals surface area contributed by atoms with E-state index in [0.717, 1.165) is 0 Å². The summed E-state index contributed by atoms with van der Waals surface area (Å²) in [4.78, 5) is 38.3. The van der Waals surface area contributed by atoms with Crippen LogP contribution in [-0.4, -0.2) is 107 Å². The Bertz CT molecular complexity index is 425. The highest BCUT2D eigenvalue weighted by atomic mass is 16.7. The standard InChI is InChI=1S/C15H26N4O7/c20-13(18-3-9-23-10-4-18)16-1-7-25-15(22)26-8-2-17-14(21)19-5-11-24-12-6-19/h1-12H2,(H,16,20)(H,17,21). The quantitative estimate of drug-likeness (QED) is 0.463. The number of morpholine rings is 2. The zero-order valence-corrected chi connectivity index (χ0v) is 14.7. The monoisotopic (exact) mass is 374 g/mol. The third-order valence-corrected chi connectivity index (χ3v) is 3.79. The van der Waals surface area contributed by atoms with Gasteiger partial charge in [0.05, 0.1) is 39.5 Å². The molecule has 26 heavy (non-hydrogen) atoms. The molecule has 2 rings (SSSR count). The van der Waals surface area contributed by atoms with Crippen molar-refractivity contribution in [1.82, 2.24) is 20.4 Å². The molecule has 0 saturated carbocycles. The SMILES string of the molecule is O=C(OCCNC(=O)N1CCOCC1)OCCNC(=O)N1CCOCC1. The molecular weight excluding hydrogens is 348 g/mol. The minimum Gasteiger partial charge on any atom is -0.432 e. The summed E-state index contributed by atoms with van der Waals surface area (Å²) in [5.41, 5.74) is 0. The topological polar surface area (TPSA) is 119 Å². The van der Waals surface area contributed by atoms with E-state index in [9.17, 15) is 14.4 Å². The van der Waals surface area contributed by atoms with Crippen LogP contribution < -0.4 is 10.6 Å². The van der Waals surface area contributed by atoms with E-state index in [0.29, 0.717) is 52.6 Å². The van der Waals surface area contributed by atoms with Gasteiger partial charge in [0.1, 0.15) is 13.2 Å². The Morgan fingerprint density at radius 3 is 1.50 bits per heavy atom. The molecule has 0 unspecified atom stereocenters. The second kappa shape index (κ2) is 11.4. The molecule has 2 saturated heterocycles. The lowest BCUT2D eigenvalue weighted by atomic mass is 10.4. The van der Waals surface area contributed by atoms with Crippen molar-refractivity contribution in [2.24, 2.45) is 0 Å². The zero-order valence-electron chi connectivity index (χ0n) is 14.7. The molecular formula is C15H26N4O7. The Morgan fingerprint density at radius 1 is 0.731 bits per heavy atom. The highest BCUT2D eigenvalue weighted by Crippen LogP contribution is 1.97. The van der Waals surface area contributed by atoms with Gasteiger partial charge in [0.25, 0.3) is 0 Å². The van der Waals surface area contributed by atoms with E-state index in [1.165, 1.54) is 0 Å². The number of carbonyl (C=O) groups excluding carboxylic acids is 3. The smallest absolute Gasteiger partial charge is 0.432 e. The summed E-state index contributed by atoms with van der Waals surface area (Å²) in [7, 11) is 0. The van der Waals surface area contributed by atoms with Crippen LogP contribution in [0, 0.1) is 0 Å². The van der Waals surface area contributed by atoms with E-state index in [2.05, 4.69) is 10.6 Å². The van der Waals surface area contributed by atoms with Crippen LogP contribution in [-0.2, 0) is 18.9 Å². The fraction of sp³-hybridized carbons (Fsp3) is 0.800. The van der Waals surface area contributed by atoms with Gasteiger partial charge in [-0.15, -0.1) is 0 Å². The van der Waals surface area contributed by atoms with Gasteiger partial charge in [-0.2, -0.15) is 0 Å². The molecule has 2 aliphatic rings. The van der Waals surface area contributed by atoms with Gasteiger partial charge in [0.15, 0.2) is 0 Å². The lowest BCUT2D eigenvalue weighted by Crippen LogP contribution is -2.47. The van der Waals surface area contributed by atoms with Crippen molar-refractivity contribution in [3.05, 3.63) is 0 Å². The van der Waals surface area contributed by atoms with Crippen LogP contribution in [0.1, 0.15) is 0 Å². The summed E-state index contributed by atoms with van der Waals surface area (Å²) in [6, 6.07) is -0.424. The first-order valence-electron chi connectivity index (χ1n) is 8.67. The number of nitrogens with zero attached hydrogens (tertiary/aromatic N) is 2. The molecule has 2 N–H and O–H groups in total. The predicted molar refractivity (Wildman–Crippen MR) is 88.9 cm³/mol. The van der Waals surface area contributed by atoms with Gasteiger partial charge in [0.2, 0.25) is 0 Å². The first-order valence-corrected chi connectivity index (χ1v) is 8.67. The van der Waals surface area contributed by atoms with Crippen LogP contribution in [0.4, 0.5) is 14.4 Å². The molecule has 0 aromatic rings. The second-order valence-electron chi connectivity index (χ2n) is 5.61. The summed E-state index contributed by atoms with van der Waals surface area (Å²) in [6.45, 7) is 4.70. The lowest BCUT2D eigenvalue weighted by molar-refractivity contribution is 0.0473.